The Morgan fingerprint density at radius 1 is 1.08 bits per heavy atom. The van der Waals surface area contributed by atoms with Crippen LogP contribution in [0.5, 0.6) is 5.75 Å². The van der Waals surface area contributed by atoms with Crippen molar-refractivity contribution in [3.05, 3.63) is 65.1 Å². The zero-order valence-corrected chi connectivity index (χ0v) is 14.6. The second-order valence-electron chi connectivity index (χ2n) is 6.22. The number of methoxy groups -OCH3 is 2. The van der Waals surface area contributed by atoms with Gasteiger partial charge in [-0.25, -0.2) is 9.18 Å². The average Bonchev–Trinajstić information content (AvgIpc) is 3.07. The fourth-order valence-electron chi connectivity index (χ4n) is 3.69. The predicted octanol–water partition coefficient (Wildman–Crippen LogP) is 4.38. The largest absolute Gasteiger partial charge is 0.496 e. The number of esters is 1. The zero-order chi connectivity index (χ0) is 18.3. The average molecular weight is 351 g/mol. The number of benzene rings is 2. The molecule has 0 unspecified atom stereocenters. The van der Waals surface area contributed by atoms with Crippen LogP contribution < -0.4 is 4.74 Å². The van der Waals surface area contributed by atoms with Gasteiger partial charge in [0.1, 0.15) is 17.3 Å². The van der Waals surface area contributed by atoms with Crippen molar-refractivity contribution in [3.8, 4) is 28.1 Å². The lowest BCUT2D eigenvalue weighted by molar-refractivity contribution is 0.0596. The summed E-state index contributed by atoms with van der Waals surface area (Å²) < 4.78 is 24.4. The van der Waals surface area contributed by atoms with Gasteiger partial charge in [-0.15, -0.1) is 0 Å². The Bertz CT molecular complexity index is 1010. The number of rotatable bonds is 3. The molecule has 0 bridgehead atoms. The molecular formula is C21H18FNO3. The summed E-state index contributed by atoms with van der Waals surface area (Å²) in [6.45, 7) is 0. The normalized spacial score (nSPS) is 12.3. The molecular weight excluding hydrogens is 333 g/mol. The van der Waals surface area contributed by atoms with Gasteiger partial charge in [0.25, 0.3) is 0 Å². The SMILES string of the molecule is COC(=O)c1[nH]c2c(c1-c1cc(F)ccc1OC)CCc1ccccc1-2. The van der Waals surface area contributed by atoms with E-state index >= 15 is 0 Å². The summed E-state index contributed by atoms with van der Waals surface area (Å²) in [5.41, 5.74) is 5.65. The fourth-order valence-corrected chi connectivity index (χ4v) is 3.69. The highest BCUT2D eigenvalue weighted by molar-refractivity contribution is 6.00. The van der Waals surface area contributed by atoms with Gasteiger partial charge >= 0.3 is 5.97 Å². The van der Waals surface area contributed by atoms with Gasteiger partial charge in [0.15, 0.2) is 0 Å². The summed E-state index contributed by atoms with van der Waals surface area (Å²) in [5, 5.41) is 0. The molecule has 1 aliphatic rings. The molecule has 0 fully saturated rings. The molecule has 4 nitrogen and oxygen atoms in total. The summed E-state index contributed by atoms with van der Waals surface area (Å²) in [6, 6.07) is 12.4. The number of H-pyrrole nitrogens is 1. The first-order valence-electron chi connectivity index (χ1n) is 8.39. The third kappa shape index (κ3) is 2.47. The van der Waals surface area contributed by atoms with Crippen LogP contribution in [0.4, 0.5) is 4.39 Å². The van der Waals surface area contributed by atoms with Crippen molar-refractivity contribution in [1.82, 2.24) is 4.98 Å². The van der Waals surface area contributed by atoms with Crippen molar-refractivity contribution in [3.63, 3.8) is 0 Å². The second-order valence-corrected chi connectivity index (χ2v) is 6.22. The molecule has 0 radical (unpaired) electrons. The van der Waals surface area contributed by atoms with E-state index in [0.717, 1.165) is 29.7 Å². The summed E-state index contributed by atoms with van der Waals surface area (Å²) in [5.74, 6) is -0.363. The van der Waals surface area contributed by atoms with E-state index in [9.17, 15) is 9.18 Å². The van der Waals surface area contributed by atoms with Crippen molar-refractivity contribution < 1.29 is 18.7 Å². The second kappa shape index (κ2) is 6.33. The number of nitrogens with one attached hydrogen (secondary N) is 1. The number of hydrogen-bond donors (Lipinski definition) is 1. The van der Waals surface area contributed by atoms with Gasteiger partial charge in [-0.05, 0) is 42.2 Å². The standard InChI is InChI=1S/C21H18FNO3/c1-25-17-10-8-13(22)11-16(17)18-15-9-7-12-5-3-4-6-14(12)19(15)23-20(18)21(24)26-2/h3-6,8,10-11,23H,7,9H2,1-2H3. The molecule has 0 aliphatic heterocycles. The molecule has 0 spiro atoms. The van der Waals surface area contributed by atoms with Gasteiger partial charge in [0.05, 0.1) is 19.9 Å². The minimum absolute atomic E-state index is 0.318. The molecule has 3 aromatic rings. The maximum atomic E-state index is 14.0. The first-order chi connectivity index (χ1) is 12.6. The van der Waals surface area contributed by atoms with E-state index < -0.39 is 5.97 Å². The van der Waals surface area contributed by atoms with E-state index in [0.29, 0.717) is 22.6 Å². The zero-order valence-electron chi connectivity index (χ0n) is 14.6. The molecule has 0 saturated carbocycles. The summed E-state index contributed by atoms with van der Waals surface area (Å²) >= 11 is 0. The third-order valence-corrected chi connectivity index (χ3v) is 4.85. The van der Waals surface area contributed by atoms with Crippen LogP contribution in [0.25, 0.3) is 22.4 Å². The van der Waals surface area contributed by atoms with Crippen molar-refractivity contribution in [2.45, 2.75) is 12.8 Å². The molecule has 132 valence electrons. The van der Waals surface area contributed by atoms with Gasteiger partial charge in [-0.1, -0.05) is 24.3 Å². The highest BCUT2D eigenvalue weighted by atomic mass is 19.1. The Hall–Kier alpha value is -3.08. The number of carbonyl (C=O) groups excluding carboxylic acids is 1. The molecule has 1 heterocycles. The summed E-state index contributed by atoms with van der Waals surface area (Å²) in [4.78, 5) is 15.7. The van der Waals surface area contributed by atoms with Gasteiger partial charge in [0, 0.05) is 16.7 Å². The molecule has 1 aromatic heterocycles. The minimum atomic E-state index is -0.488. The number of carbonyl (C=O) groups is 1. The highest BCUT2D eigenvalue weighted by Crippen LogP contribution is 2.43. The van der Waals surface area contributed by atoms with E-state index in [1.165, 1.54) is 31.9 Å². The van der Waals surface area contributed by atoms with Crippen molar-refractivity contribution in [2.24, 2.45) is 0 Å². The lowest BCUT2D eigenvalue weighted by Crippen LogP contribution is -2.05. The highest BCUT2D eigenvalue weighted by Gasteiger charge is 2.29. The van der Waals surface area contributed by atoms with Crippen LogP contribution >= 0.6 is 0 Å². The quantitative estimate of drug-likeness (QED) is 0.713. The molecule has 2 aromatic carbocycles. The molecule has 1 N–H and O–H groups in total. The molecule has 1 aliphatic carbocycles. The monoisotopic (exact) mass is 351 g/mol. The third-order valence-electron chi connectivity index (χ3n) is 4.85. The predicted molar refractivity (Wildman–Crippen MR) is 96.9 cm³/mol. The number of aromatic nitrogens is 1. The Morgan fingerprint density at radius 2 is 1.88 bits per heavy atom. The van der Waals surface area contributed by atoms with E-state index in [-0.39, 0.29) is 5.82 Å². The smallest absolute Gasteiger partial charge is 0.355 e. The molecule has 4 rings (SSSR count). The number of fused-ring (bicyclic) bond motifs is 3. The van der Waals surface area contributed by atoms with Crippen LogP contribution in [0.1, 0.15) is 21.6 Å². The van der Waals surface area contributed by atoms with Crippen LogP contribution in [0, 0.1) is 5.82 Å². The lowest BCUT2D eigenvalue weighted by atomic mass is 9.86. The summed E-state index contributed by atoms with van der Waals surface area (Å²) in [7, 11) is 2.87. The van der Waals surface area contributed by atoms with E-state index in [4.69, 9.17) is 9.47 Å². The van der Waals surface area contributed by atoms with Crippen molar-refractivity contribution in [1.29, 1.82) is 0 Å². The maximum absolute atomic E-state index is 14.0. The van der Waals surface area contributed by atoms with Crippen LogP contribution in [0.3, 0.4) is 0 Å². The Balaban J connectivity index is 2.03. The lowest BCUT2D eigenvalue weighted by Gasteiger charge is -2.18. The number of halogens is 1. The number of aryl methyl sites for hydroxylation is 1. The topological polar surface area (TPSA) is 51.3 Å². The molecule has 0 saturated heterocycles. The van der Waals surface area contributed by atoms with Crippen molar-refractivity contribution in [2.75, 3.05) is 14.2 Å². The number of aromatic amines is 1. The molecule has 0 amide bonds. The molecule has 26 heavy (non-hydrogen) atoms. The van der Waals surface area contributed by atoms with Gasteiger partial charge in [0.2, 0.25) is 0 Å². The minimum Gasteiger partial charge on any atom is -0.496 e. The Labute approximate surface area is 150 Å². The molecule has 0 atom stereocenters. The van der Waals surface area contributed by atoms with E-state index in [2.05, 4.69) is 11.1 Å². The Morgan fingerprint density at radius 3 is 2.65 bits per heavy atom. The maximum Gasteiger partial charge on any atom is 0.355 e. The Kier molecular flexibility index (Phi) is 3.99. The van der Waals surface area contributed by atoms with Gasteiger partial charge < -0.3 is 14.5 Å². The van der Waals surface area contributed by atoms with Crippen LogP contribution in [-0.4, -0.2) is 25.2 Å². The fraction of sp³-hybridized carbons (Fsp3) is 0.190. The van der Waals surface area contributed by atoms with E-state index in [1.54, 1.807) is 6.07 Å². The van der Waals surface area contributed by atoms with E-state index in [1.807, 2.05) is 18.2 Å². The summed E-state index contributed by atoms with van der Waals surface area (Å²) in [6.07, 6.45) is 1.60. The van der Waals surface area contributed by atoms with Crippen LogP contribution in [0.15, 0.2) is 42.5 Å². The molecule has 5 heteroatoms. The van der Waals surface area contributed by atoms with Crippen LogP contribution in [0.2, 0.25) is 0 Å². The first-order valence-corrected chi connectivity index (χ1v) is 8.39. The number of ether oxygens (including phenoxy) is 2. The van der Waals surface area contributed by atoms with Crippen LogP contribution in [-0.2, 0) is 17.6 Å². The van der Waals surface area contributed by atoms with Crippen molar-refractivity contribution >= 4 is 5.97 Å². The van der Waals surface area contributed by atoms with Gasteiger partial charge in [-0.2, -0.15) is 0 Å². The first kappa shape index (κ1) is 16.4. The van der Waals surface area contributed by atoms with Gasteiger partial charge in [-0.3, -0.25) is 0 Å². The number of hydrogen-bond acceptors (Lipinski definition) is 3.